The van der Waals surface area contributed by atoms with Gasteiger partial charge in [0, 0.05) is 25.9 Å². The largest absolute Gasteiger partial charge is 0.385 e. The minimum atomic E-state index is -0.103. The molecule has 20 heavy (non-hydrogen) atoms. The summed E-state index contributed by atoms with van der Waals surface area (Å²) < 4.78 is 4.88. The number of amides is 2. The van der Waals surface area contributed by atoms with Crippen molar-refractivity contribution >= 4 is 29.3 Å². The molecule has 0 saturated carbocycles. The molecule has 2 N–H and O–H groups in total. The van der Waals surface area contributed by atoms with Gasteiger partial charge in [-0.15, -0.1) is 11.8 Å². The van der Waals surface area contributed by atoms with Crippen LogP contribution in [0.5, 0.6) is 0 Å². The van der Waals surface area contributed by atoms with Crippen molar-refractivity contribution in [3.05, 3.63) is 30.3 Å². The highest BCUT2D eigenvalue weighted by molar-refractivity contribution is 8.00. The molecule has 1 aromatic carbocycles. The highest BCUT2D eigenvalue weighted by Crippen LogP contribution is 2.06. The Kier molecular flexibility index (Phi) is 8.49. The van der Waals surface area contributed by atoms with Crippen LogP contribution in [0.3, 0.4) is 0 Å². The molecule has 0 spiro atoms. The van der Waals surface area contributed by atoms with E-state index in [1.807, 2.05) is 30.3 Å². The van der Waals surface area contributed by atoms with E-state index < -0.39 is 0 Å². The van der Waals surface area contributed by atoms with E-state index in [4.69, 9.17) is 4.74 Å². The summed E-state index contributed by atoms with van der Waals surface area (Å²) in [7, 11) is 1.63. The summed E-state index contributed by atoms with van der Waals surface area (Å²) in [6, 6.07) is 9.25. The van der Waals surface area contributed by atoms with Crippen LogP contribution in [-0.4, -0.2) is 43.6 Å². The van der Waals surface area contributed by atoms with E-state index in [0.29, 0.717) is 13.2 Å². The molecule has 0 unspecified atom stereocenters. The van der Waals surface area contributed by atoms with Gasteiger partial charge >= 0.3 is 0 Å². The first kappa shape index (κ1) is 16.5. The summed E-state index contributed by atoms with van der Waals surface area (Å²) in [6.45, 7) is 1.23. The second kappa shape index (κ2) is 10.3. The van der Waals surface area contributed by atoms with E-state index in [2.05, 4.69) is 10.6 Å². The molecule has 0 aliphatic heterocycles. The quantitative estimate of drug-likeness (QED) is 0.678. The normalized spacial score (nSPS) is 10.1. The van der Waals surface area contributed by atoms with Gasteiger partial charge in [-0.1, -0.05) is 18.2 Å². The first-order valence-electron chi connectivity index (χ1n) is 6.40. The first-order chi connectivity index (χ1) is 9.72. The van der Waals surface area contributed by atoms with Crippen LogP contribution in [0.1, 0.15) is 6.42 Å². The smallest absolute Gasteiger partial charge is 0.234 e. The molecule has 0 bridgehead atoms. The average molecular weight is 296 g/mol. The molecule has 0 saturated heterocycles. The highest BCUT2D eigenvalue weighted by atomic mass is 32.2. The summed E-state index contributed by atoms with van der Waals surface area (Å²) in [5.74, 6) is 0.391. The molecule has 0 aromatic heterocycles. The Hall–Kier alpha value is -1.53. The zero-order valence-corrected chi connectivity index (χ0v) is 12.4. The molecule has 110 valence electrons. The molecule has 0 aliphatic carbocycles. The number of para-hydroxylation sites is 1. The van der Waals surface area contributed by atoms with Crippen LogP contribution in [-0.2, 0) is 14.3 Å². The van der Waals surface area contributed by atoms with Gasteiger partial charge in [0.2, 0.25) is 11.8 Å². The van der Waals surface area contributed by atoms with Crippen LogP contribution in [0.25, 0.3) is 0 Å². The van der Waals surface area contributed by atoms with E-state index in [0.717, 1.165) is 12.1 Å². The predicted octanol–water partition coefficient (Wildman–Crippen LogP) is 1.51. The van der Waals surface area contributed by atoms with Crippen LogP contribution in [0.15, 0.2) is 30.3 Å². The molecular formula is C14H20N2O3S. The summed E-state index contributed by atoms with van der Waals surface area (Å²) >= 11 is 1.30. The van der Waals surface area contributed by atoms with Gasteiger partial charge in [-0.3, -0.25) is 9.59 Å². The Morgan fingerprint density at radius 1 is 1.15 bits per heavy atom. The van der Waals surface area contributed by atoms with Crippen molar-refractivity contribution in [1.82, 2.24) is 5.32 Å². The van der Waals surface area contributed by atoms with Crippen molar-refractivity contribution in [3.63, 3.8) is 0 Å². The Morgan fingerprint density at radius 2 is 1.85 bits per heavy atom. The number of benzene rings is 1. The zero-order chi connectivity index (χ0) is 14.6. The van der Waals surface area contributed by atoms with E-state index >= 15 is 0 Å². The maximum Gasteiger partial charge on any atom is 0.234 e. The van der Waals surface area contributed by atoms with Crippen molar-refractivity contribution in [2.24, 2.45) is 0 Å². The summed E-state index contributed by atoms with van der Waals surface area (Å²) in [6.07, 6.45) is 0.793. The molecule has 0 heterocycles. The second-order valence-corrected chi connectivity index (χ2v) is 5.09. The lowest BCUT2D eigenvalue weighted by Gasteiger charge is -2.06. The van der Waals surface area contributed by atoms with Gasteiger partial charge in [0.05, 0.1) is 11.5 Å². The van der Waals surface area contributed by atoms with Gasteiger partial charge in [0.15, 0.2) is 0 Å². The maximum absolute atomic E-state index is 11.6. The Balaban J connectivity index is 2.08. The predicted molar refractivity (Wildman–Crippen MR) is 81.9 cm³/mol. The molecule has 5 nitrogen and oxygen atoms in total. The van der Waals surface area contributed by atoms with Gasteiger partial charge in [-0.05, 0) is 18.6 Å². The van der Waals surface area contributed by atoms with E-state index in [-0.39, 0.29) is 23.3 Å². The number of methoxy groups -OCH3 is 1. The lowest BCUT2D eigenvalue weighted by atomic mass is 10.3. The number of ether oxygens (including phenoxy) is 1. The molecule has 1 rings (SSSR count). The van der Waals surface area contributed by atoms with Gasteiger partial charge in [-0.2, -0.15) is 0 Å². The number of thioether (sulfide) groups is 1. The molecule has 0 aliphatic rings. The van der Waals surface area contributed by atoms with Crippen molar-refractivity contribution in [3.8, 4) is 0 Å². The third-order valence-electron chi connectivity index (χ3n) is 2.37. The zero-order valence-electron chi connectivity index (χ0n) is 11.6. The Labute approximate surface area is 123 Å². The molecule has 2 amide bonds. The van der Waals surface area contributed by atoms with Crippen molar-refractivity contribution in [1.29, 1.82) is 0 Å². The van der Waals surface area contributed by atoms with Gasteiger partial charge < -0.3 is 15.4 Å². The Morgan fingerprint density at radius 3 is 2.55 bits per heavy atom. The fourth-order valence-corrected chi connectivity index (χ4v) is 2.10. The third kappa shape index (κ3) is 7.81. The van der Waals surface area contributed by atoms with Crippen LogP contribution in [0.4, 0.5) is 5.69 Å². The SMILES string of the molecule is COCCCNC(=O)CSCC(=O)Nc1ccccc1. The van der Waals surface area contributed by atoms with E-state index in [9.17, 15) is 9.59 Å². The van der Waals surface area contributed by atoms with Gasteiger partial charge in [-0.25, -0.2) is 0 Å². The van der Waals surface area contributed by atoms with Gasteiger partial charge in [0.25, 0.3) is 0 Å². The average Bonchev–Trinajstić information content (AvgIpc) is 2.45. The van der Waals surface area contributed by atoms with Crippen molar-refractivity contribution in [2.75, 3.05) is 37.1 Å². The van der Waals surface area contributed by atoms with E-state index in [1.54, 1.807) is 7.11 Å². The number of hydrogen-bond acceptors (Lipinski definition) is 4. The van der Waals surface area contributed by atoms with Crippen molar-refractivity contribution < 1.29 is 14.3 Å². The van der Waals surface area contributed by atoms with Crippen LogP contribution >= 0.6 is 11.8 Å². The number of carbonyl (C=O) groups excluding carboxylic acids is 2. The van der Waals surface area contributed by atoms with Crippen molar-refractivity contribution in [2.45, 2.75) is 6.42 Å². The minimum Gasteiger partial charge on any atom is -0.385 e. The highest BCUT2D eigenvalue weighted by Gasteiger charge is 2.05. The summed E-state index contributed by atoms with van der Waals surface area (Å²) in [4.78, 5) is 23.1. The number of nitrogens with one attached hydrogen (secondary N) is 2. The molecule has 6 heteroatoms. The molecule has 0 radical (unpaired) electrons. The molecule has 0 atom stereocenters. The fraction of sp³-hybridized carbons (Fsp3) is 0.429. The van der Waals surface area contributed by atoms with Crippen LogP contribution in [0, 0.1) is 0 Å². The van der Waals surface area contributed by atoms with Crippen LogP contribution in [0.2, 0.25) is 0 Å². The topological polar surface area (TPSA) is 67.4 Å². The van der Waals surface area contributed by atoms with E-state index in [1.165, 1.54) is 11.8 Å². The fourth-order valence-electron chi connectivity index (χ4n) is 1.45. The second-order valence-electron chi connectivity index (χ2n) is 4.10. The summed E-state index contributed by atoms with van der Waals surface area (Å²) in [5, 5.41) is 5.54. The van der Waals surface area contributed by atoms with Gasteiger partial charge in [0.1, 0.15) is 0 Å². The third-order valence-corrected chi connectivity index (χ3v) is 3.30. The number of carbonyl (C=O) groups is 2. The van der Waals surface area contributed by atoms with Crippen LogP contribution < -0.4 is 10.6 Å². The molecule has 1 aromatic rings. The number of rotatable bonds is 9. The lowest BCUT2D eigenvalue weighted by molar-refractivity contribution is -0.118. The molecule has 0 fully saturated rings. The first-order valence-corrected chi connectivity index (χ1v) is 7.56. The minimum absolute atomic E-state index is 0.0568. The molecular weight excluding hydrogens is 276 g/mol. The monoisotopic (exact) mass is 296 g/mol. The Bertz CT molecular complexity index is 412. The maximum atomic E-state index is 11.6. The summed E-state index contributed by atoms with van der Waals surface area (Å²) in [5.41, 5.74) is 0.766. The lowest BCUT2D eigenvalue weighted by Crippen LogP contribution is -2.27. The number of hydrogen-bond donors (Lipinski definition) is 2. The standard InChI is InChI=1S/C14H20N2O3S/c1-19-9-5-8-15-13(17)10-20-11-14(18)16-12-6-3-2-4-7-12/h2-4,6-7H,5,8-11H2,1H3,(H,15,17)(H,16,18). The number of anilines is 1.